The first kappa shape index (κ1) is 28.7. The van der Waals surface area contributed by atoms with Crippen LogP contribution in [0.4, 0.5) is 11.5 Å². The standard InChI is InChI=1S/C33H43N7O2/c1-23-7-4-8-24-9-5-12-30(31(23)24)39-17-14-28-29(20-39)36-33(37-32(28)40-18-16-35-25(19-40)13-15-34)42-22-27(21-41-3)38(2)26-10-6-11-26/h4-5,7-9,12,25-27,35H,6,10-11,13-14,16-22H2,1-3H3/t25?,27-/m1/s1. The van der Waals surface area contributed by atoms with Crippen molar-refractivity contribution >= 4 is 22.3 Å². The molecular weight excluding hydrogens is 526 g/mol. The van der Waals surface area contributed by atoms with Crippen LogP contribution >= 0.6 is 0 Å². The van der Waals surface area contributed by atoms with E-state index in [9.17, 15) is 5.26 Å². The van der Waals surface area contributed by atoms with Crippen LogP contribution in [0.3, 0.4) is 0 Å². The molecule has 1 aliphatic carbocycles. The van der Waals surface area contributed by atoms with Crippen LogP contribution < -0.4 is 19.9 Å². The summed E-state index contributed by atoms with van der Waals surface area (Å²) in [6, 6.07) is 16.7. The molecule has 3 aliphatic rings. The van der Waals surface area contributed by atoms with Crippen LogP contribution in [0.25, 0.3) is 10.8 Å². The minimum absolute atomic E-state index is 0.125. The number of nitrogens with one attached hydrogen (secondary N) is 1. The molecule has 1 aromatic heterocycles. The van der Waals surface area contributed by atoms with Crippen LogP contribution in [-0.4, -0.2) is 86.5 Å². The lowest BCUT2D eigenvalue weighted by molar-refractivity contribution is 0.0265. The molecule has 3 aromatic rings. The highest BCUT2D eigenvalue weighted by Crippen LogP contribution is 2.35. The van der Waals surface area contributed by atoms with Gasteiger partial charge in [-0.1, -0.05) is 36.8 Å². The summed E-state index contributed by atoms with van der Waals surface area (Å²) in [6.45, 7) is 7.28. The van der Waals surface area contributed by atoms with Crippen LogP contribution in [-0.2, 0) is 17.7 Å². The Hall–Kier alpha value is -3.45. The van der Waals surface area contributed by atoms with E-state index in [0.717, 1.165) is 44.1 Å². The second kappa shape index (κ2) is 12.8. The molecule has 1 saturated carbocycles. The second-order valence-electron chi connectivity index (χ2n) is 12.0. The van der Waals surface area contributed by atoms with E-state index in [1.54, 1.807) is 7.11 Å². The molecule has 1 saturated heterocycles. The topological polar surface area (TPSA) is 89.8 Å². The average Bonchev–Trinajstić information content (AvgIpc) is 2.98. The number of nitrogens with zero attached hydrogens (tertiary/aromatic N) is 6. The van der Waals surface area contributed by atoms with Crippen LogP contribution in [0.5, 0.6) is 6.01 Å². The molecule has 3 heterocycles. The lowest BCUT2D eigenvalue weighted by Gasteiger charge is -2.39. The number of aromatic nitrogens is 2. The minimum Gasteiger partial charge on any atom is -0.462 e. The third kappa shape index (κ3) is 5.89. The van der Waals surface area contributed by atoms with E-state index in [4.69, 9.17) is 19.4 Å². The van der Waals surface area contributed by atoms with Crippen LogP contribution in [0.1, 0.15) is 42.5 Å². The molecule has 9 nitrogen and oxygen atoms in total. The summed E-state index contributed by atoms with van der Waals surface area (Å²) in [5, 5.41) is 15.4. The molecule has 2 fully saturated rings. The predicted octanol–water partition coefficient (Wildman–Crippen LogP) is 4.07. The highest BCUT2D eigenvalue weighted by molar-refractivity contribution is 5.97. The van der Waals surface area contributed by atoms with Crippen LogP contribution in [0.15, 0.2) is 36.4 Å². The quantitative estimate of drug-likeness (QED) is 0.388. The molecule has 1 N–H and O–H groups in total. The van der Waals surface area contributed by atoms with Crippen molar-refractivity contribution in [3.05, 3.63) is 53.2 Å². The summed E-state index contributed by atoms with van der Waals surface area (Å²) >= 11 is 0. The molecule has 9 heteroatoms. The van der Waals surface area contributed by atoms with E-state index in [1.165, 1.54) is 46.8 Å². The normalized spacial score (nSPS) is 19.8. The van der Waals surface area contributed by atoms with Crippen molar-refractivity contribution in [1.82, 2.24) is 20.2 Å². The Labute approximate surface area is 249 Å². The van der Waals surface area contributed by atoms with Gasteiger partial charge in [0.15, 0.2) is 0 Å². The fraction of sp³-hybridized carbons (Fsp3) is 0.545. The molecule has 0 bridgehead atoms. The third-order valence-corrected chi connectivity index (χ3v) is 9.34. The fourth-order valence-electron chi connectivity index (χ4n) is 6.69. The van der Waals surface area contributed by atoms with E-state index in [0.29, 0.717) is 38.2 Å². The van der Waals surface area contributed by atoms with Gasteiger partial charge >= 0.3 is 6.01 Å². The lowest BCUT2D eigenvalue weighted by atomic mass is 9.91. The number of benzene rings is 2. The summed E-state index contributed by atoms with van der Waals surface area (Å²) in [6.07, 6.45) is 5.08. The Morgan fingerprint density at radius 2 is 1.95 bits per heavy atom. The predicted molar refractivity (Wildman–Crippen MR) is 166 cm³/mol. The number of rotatable bonds is 10. The third-order valence-electron chi connectivity index (χ3n) is 9.34. The van der Waals surface area contributed by atoms with Crippen molar-refractivity contribution in [3.63, 3.8) is 0 Å². The first-order valence-electron chi connectivity index (χ1n) is 15.4. The van der Waals surface area contributed by atoms with E-state index in [-0.39, 0.29) is 12.1 Å². The lowest BCUT2D eigenvalue weighted by Crippen LogP contribution is -2.51. The van der Waals surface area contributed by atoms with Crippen LogP contribution in [0.2, 0.25) is 0 Å². The van der Waals surface area contributed by atoms with Gasteiger partial charge in [0.05, 0.1) is 37.4 Å². The molecule has 2 aliphatic heterocycles. The average molecular weight is 570 g/mol. The van der Waals surface area contributed by atoms with Crippen molar-refractivity contribution in [2.24, 2.45) is 0 Å². The maximum atomic E-state index is 9.34. The molecular formula is C33H43N7O2. The van der Waals surface area contributed by atoms with Gasteiger partial charge in [0.1, 0.15) is 12.4 Å². The number of hydrogen-bond acceptors (Lipinski definition) is 9. The fourth-order valence-corrected chi connectivity index (χ4v) is 6.69. The van der Waals surface area contributed by atoms with Gasteiger partial charge in [-0.2, -0.15) is 15.2 Å². The number of nitriles is 1. The molecule has 6 rings (SSSR count). The SMILES string of the molecule is COC[C@H](COc1nc2c(c(N3CCNC(CC#N)C3)n1)CCN(c1cccc3cccc(C)c13)C2)N(C)C1CCC1. The first-order valence-corrected chi connectivity index (χ1v) is 15.4. The van der Waals surface area contributed by atoms with Gasteiger partial charge in [-0.3, -0.25) is 4.90 Å². The maximum Gasteiger partial charge on any atom is 0.318 e. The molecule has 2 atom stereocenters. The van der Waals surface area contributed by atoms with E-state index >= 15 is 0 Å². The Morgan fingerprint density at radius 1 is 1.12 bits per heavy atom. The van der Waals surface area contributed by atoms with Crippen molar-refractivity contribution in [1.29, 1.82) is 5.26 Å². The maximum absolute atomic E-state index is 9.34. The molecule has 42 heavy (non-hydrogen) atoms. The van der Waals surface area contributed by atoms with Crippen molar-refractivity contribution in [2.75, 3.05) is 63.4 Å². The van der Waals surface area contributed by atoms with Crippen LogP contribution in [0, 0.1) is 18.3 Å². The second-order valence-corrected chi connectivity index (χ2v) is 12.0. The number of ether oxygens (including phenoxy) is 2. The van der Waals surface area contributed by atoms with Gasteiger partial charge in [-0.25, -0.2) is 0 Å². The summed E-state index contributed by atoms with van der Waals surface area (Å²) in [4.78, 5) is 17.3. The first-order chi connectivity index (χ1) is 20.6. The number of anilines is 2. The number of methoxy groups -OCH3 is 1. The number of fused-ring (bicyclic) bond motifs is 2. The summed E-state index contributed by atoms with van der Waals surface area (Å²) in [5.74, 6) is 0.962. The smallest absolute Gasteiger partial charge is 0.318 e. The van der Waals surface area contributed by atoms with Gasteiger partial charge in [0, 0.05) is 62.0 Å². The van der Waals surface area contributed by atoms with Crippen molar-refractivity contribution < 1.29 is 9.47 Å². The number of aryl methyl sites for hydroxylation is 1. The van der Waals surface area contributed by atoms with Gasteiger partial charge in [-0.15, -0.1) is 0 Å². The largest absolute Gasteiger partial charge is 0.462 e. The van der Waals surface area contributed by atoms with E-state index < -0.39 is 0 Å². The molecule has 0 amide bonds. The highest BCUT2D eigenvalue weighted by atomic mass is 16.5. The molecule has 0 radical (unpaired) electrons. The summed E-state index contributed by atoms with van der Waals surface area (Å²) in [5.41, 5.74) is 4.76. The van der Waals surface area contributed by atoms with Gasteiger partial charge in [-0.05, 0) is 50.2 Å². The van der Waals surface area contributed by atoms with E-state index in [2.05, 4.69) is 76.5 Å². The Morgan fingerprint density at radius 3 is 2.71 bits per heavy atom. The number of piperazine rings is 1. The molecule has 222 valence electrons. The number of hydrogen-bond donors (Lipinski definition) is 1. The van der Waals surface area contributed by atoms with Gasteiger partial charge < -0.3 is 24.6 Å². The van der Waals surface area contributed by atoms with Gasteiger partial charge in [0.25, 0.3) is 0 Å². The zero-order valence-electron chi connectivity index (χ0n) is 25.2. The zero-order valence-corrected chi connectivity index (χ0v) is 25.2. The minimum atomic E-state index is 0.125. The monoisotopic (exact) mass is 569 g/mol. The highest BCUT2D eigenvalue weighted by Gasteiger charge is 2.31. The Bertz CT molecular complexity index is 1430. The molecule has 0 spiro atoms. The van der Waals surface area contributed by atoms with E-state index in [1.807, 2.05) is 0 Å². The molecule has 2 aromatic carbocycles. The van der Waals surface area contributed by atoms with Gasteiger partial charge in [0.2, 0.25) is 0 Å². The number of likely N-dealkylation sites (N-methyl/N-ethyl adjacent to an activating group) is 1. The zero-order chi connectivity index (χ0) is 29.1. The summed E-state index contributed by atoms with van der Waals surface area (Å²) < 4.78 is 12.0. The Balaban J connectivity index is 1.31. The van der Waals surface area contributed by atoms with Crippen molar-refractivity contribution in [2.45, 2.75) is 63.7 Å². The van der Waals surface area contributed by atoms with Crippen molar-refractivity contribution in [3.8, 4) is 12.1 Å². The molecule has 1 unspecified atom stereocenters. The Kier molecular flexibility index (Phi) is 8.75. The summed E-state index contributed by atoms with van der Waals surface area (Å²) in [7, 11) is 3.93.